The number of hydrogen-bond acceptors (Lipinski definition) is 25. The Morgan fingerprint density at radius 3 is 1.81 bits per heavy atom. The minimum atomic E-state index is -2.03. The molecule has 27 heteroatoms. The quantitative estimate of drug-likeness (QED) is 0.0271. The minimum Gasteiger partial charge on any atom is -0.571 e. The minimum absolute atomic E-state index is 0.0447. The number of esters is 2. The summed E-state index contributed by atoms with van der Waals surface area (Å²) in [5, 5.41) is 147. The second kappa shape index (κ2) is 23.1. The Morgan fingerprint density at radius 2 is 1.19 bits per heavy atom. The van der Waals surface area contributed by atoms with Crippen molar-refractivity contribution in [3.8, 4) is 40.2 Å². The first-order chi connectivity index (χ1) is 34.7. The van der Waals surface area contributed by atoms with Crippen molar-refractivity contribution in [3.05, 3.63) is 77.1 Å². The van der Waals surface area contributed by atoms with Gasteiger partial charge in [-0.1, -0.05) is 6.07 Å². The number of fused-ring (bicyclic) bond motifs is 1. The van der Waals surface area contributed by atoms with E-state index in [1.807, 2.05) is 0 Å². The van der Waals surface area contributed by atoms with Gasteiger partial charge in [-0.25, -0.2) is 4.79 Å². The van der Waals surface area contributed by atoms with E-state index in [1.165, 1.54) is 49.6 Å². The number of phenols is 3. The molecule has 4 heterocycles. The Morgan fingerprint density at radius 1 is 0.630 bits per heavy atom. The predicted molar refractivity (Wildman–Crippen MR) is 236 cm³/mol. The van der Waals surface area contributed by atoms with Crippen molar-refractivity contribution in [2.45, 2.75) is 105 Å². The maximum absolute atomic E-state index is 12.6. The molecule has 3 aromatic carbocycles. The molecule has 0 bridgehead atoms. The monoisotopic (exact) mass is 1040 g/mol. The fourth-order valence-corrected chi connectivity index (χ4v) is 7.86. The number of carbonyl (C=O) groups excluding carboxylic acids is 2. The number of carboxylic acids is 1. The molecular formula is C46H53O27+. The van der Waals surface area contributed by atoms with Crippen molar-refractivity contribution in [1.29, 1.82) is 0 Å². The highest BCUT2D eigenvalue weighted by Crippen LogP contribution is 2.47. The smallest absolute Gasteiger partial charge is 0.330 e. The summed E-state index contributed by atoms with van der Waals surface area (Å²) in [4.78, 5) is 35.6. The van der Waals surface area contributed by atoms with E-state index in [0.29, 0.717) is 5.56 Å². The van der Waals surface area contributed by atoms with Crippen LogP contribution in [0.4, 0.5) is 0 Å². The lowest BCUT2D eigenvalue weighted by Gasteiger charge is -2.41. The van der Waals surface area contributed by atoms with Gasteiger partial charge in [0.15, 0.2) is 28.8 Å². The van der Waals surface area contributed by atoms with E-state index in [4.69, 9.17) is 47.7 Å². The molecule has 0 spiro atoms. The molecule has 27 nitrogen and oxygen atoms in total. The van der Waals surface area contributed by atoms with Gasteiger partial charge in [0, 0.05) is 18.2 Å². The van der Waals surface area contributed by atoms with Gasteiger partial charge in [-0.15, -0.1) is 0 Å². The molecule has 0 aliphatic carbocycles. The SMILES string of the molecule is COc1cc(/C=C/C(=O)OC[C@@H]2O[C@@H](Oc3cc(O)c4c(c3)[OH+]C(c3ccc(O)c(O[C@@H]5O[C@@H](CO)[C@H](O)[C@H](O)[C@@H]5O)c3)C(O[C@@H]3O[C@H](COC(=O)CC(=O)O)[C@H](O)[C@H](O)[C@H]3O)=C4)[C@@H](O)[C@@H](O)[C@H]2O)ccc1O. The highest BCUT2D eigenvalue weighted by molar-refractivity contribution is 5.90. The van der Waals surface area contributed by atoms with Crippen LogP contribution in [0, 0.1) is 0 Å². The van der Waals surface area contributed by atoms with Gasteiger partial charge in [0.25, 0.3) is 11.9 Å². The second-order valence-electron chi connectivity index (χ2n) is 16.9. The van der Waals surface area contributed by atoms with Gasteiger partial charge in [0.05, 0.1) is 25.3 Å². The number of methoxy groups -OCH3 is 1. The molecule has 3 aromatic rings. The number of phenolic OH excluding ortho intramolecular Hbond substituents is 3. The van der Waals surface area contributed by atoms with Crippen LogP contribution in [0.25, 0.3) is 12.2 Å². The lowest BCUT2D eigenvalue weighted by atomic mass is 9.98. The van der Waals surface area contributed by atoms with Crippen LogP contribution in [0.15, 0.2) is 60.4 Å². The summed E-state index contributed by atoms with van der Waals surface area (Å²) in [5.41, 5.74) is 0.392. The first kappa shape index (κ1) is 54.2. The number of carboxylic acid groups (broad SMARTS) is 1. The van der Waals surface area contributed by atoms with Gasteiger partial charge < -0.3 is 119 Å². The van der Waals surface area contributed by atoms with Gasteiger partial charge in [-0.2, -0.15) is 0 Å². The van der Waals surface area contributed by atoms with Gasteiger partial charge in [-0.3, -0.25) is 9.59 Å². The van der Waals surface area contributed by atoms with E-state index in [9.17, 15) is 80.8 Å². The van der Waals surface area contributed by atoms with Crippen molar-refractivity contribution in [3.63, 3.8) is 0 Å². The van der Waals surface area contributed by atoms with Crippen LogP contribution >= 0.6 is 0 Å². The molecule has 4 aliphatic heterocycles. The average Bonchev–Trinajstić information content (AvgIpc) is 3.36. The topological polar surface area (TPSA) is 430 Å². The summed E-state index contributed by atoms with van der Waals surface area (Å²) in [5.74, 6) is -5.92. The maximum Gasteiger partial charge on any atom is 0.330 e. The summed E-state index contributed by atoms with van der Waals surface area (Å²) in [6.07, 6.45) is -26.1. The lowest BCUT2D eigenvalue weighted by molar-refractivity contribution is -0.296. The fourth-order valence-electron chi connectivity index (χ4n) is 7.86. The van der Waals surface area contributed by atoms with Crippen molar-refractivity contribution in [2.24, 2.45) is 0 Å². The zero-order chi connectivity index (χ0) is 53.0. The second-order valence-corrected chi connectivity index (χ2v) is 16.9. The summed E-state index contributed by atoms with van der Waals surface area (Å²) in [6.45, 7) is -2.28. The van der Waals surface area contributed by atoms with E-state index < -0.39 is 160 Å². The standard InChI is InChI=1S/C46H52O27/c1-64-25-8-17(2-5-21(25)48)3-7-32(53)65-15-29-35(56)38(59)40(61)44(72-29)67-19-10-23(50)20-12-27(70-46-42(63)39(60)36(57)30(73-46)16-66-33(54)13-31(51)52)43(68-24(20)11-19)18-4-6-22(49)26(9-18)69-45-41(62)37(58)34(55)28(14-47)71-45/h2-12,28-30,34-50,55-63H,13-16H2,1H3,(H,51,52)/p+1/b7-3+/t28-,29-,30+,34-,35-,36-,37-,38-,39-,40-,41-,42+,43?,44+,45+,46+/m0/s1. The largest absolute Gasteiger partial charge is 0.571 e. The van der Waals surface area contributed by atoms with E-state index in [2.05, 4.69) is 4.74 Å². The number of rotatable bonds is 17. The number of benzene rings is 3. The first-order valence-electron chi connectivity index (χ1n) is 22.1. The molecule has 0 saturated carbocycles. The zero-order valence-corrected chi connectivity index (χ0v) is 38.0. The van der Waals surface area contributed by atoms with Crippen LogP contribution in [0.2, 0.25) is 0 Å². The molecule has 3 fully saturated rings. The summed E-state index contributed by atoms with van der Waals surface area (Å²) < 4.78 is 54.2. The number of carbonyl (C=O) groups is 3. The number of aliphatic carboxylic acids is 1. The van der Waals surface area contributed by atoms with E-state index >= 15 is 0 Å². The third-order valence-corrected chi connectivity index (χ3v) is 11.9. The molecule has 0 radical (unpaired) electrons. The van der Waals surface area contributed by atoms with Crippen LogP contribution in [-0.4, -0.2) is 213 Å². The van der Waals surface area contributed by atoms with Gasteiger partial charge in [-0.05, 0) is 42.0 Å². The Kier molecular flexibility index (Phi) is 17.2. The predicted octanol–water partition coefficient (Wildman–Crippen LogP) is -3.39. The molecular weight excluding hydrogens is 984 g/mol. The molecule has 0 amide bonds. The van der Waals surface area contributed by atoms with E-state index in [1.54, 1.807) is 0 Å². The Bertz CT molecular complexity index is 2510. The third kappa shape index (κ3) is 12.3. The van der Waals surface area contributed by atoms with Crippen molar-refractivity contribution >= 4 is 30.1 Å². The van der Waals surface area contributed by atoms with Crippen LogP contribution in [0.5, 0.6) is 40.2 Å². The molecule has 16 atom stereocenters. The van der Waals surface area contributed by atoms with Crippen molar-refractivity contribution < 1.29 is 133 Å². The van der Waals surface area contributed by atoms with Crippen LogP contribution in [0.3, 0.4) is 0 Å². The van der Waals surface area contributed by atoms with Crippen LogP contribution < -0.4 is 14.2 Å². The fraction of sp³-hybridized carbons (Fsp3) is 0.457. The Labute approximate surface area is 411 Å². The molecule has 1 unspecified atom stereocenters. The number of ether oxygens (including phenoxy) is 10. The molecule has 3 saturated heterocycles. The lowest BCUT2D eigenvalue weighted by Crippen LogP contribution is -2.60. The molecule has 15 N–H and O–H groups in total. The van der Waals surface area contributed by atoms with Crippen molar-refractivity contribution in [2.75, 3.05) is 26.9 Å². The molecule has 73 heavy (non-hydrogen) atoms. The van der Waals surface area contributed by atoms with Gasteiger partial charge >= 0.3 is 17.9 Å². The Balaban J connectivity index is 1.15. The van der Waals surface area contributed by atoms with E-state index in [0.717, 1.165) is 24.3 Å². The molecule has 0 aromatic heterocycles. The van der Waals surface area contributed by atoms with Crippen molar-refractivity contribution in [1.82, 2.24) is 0 Å². The summed E-state index contributed by atoms with van der Waals surface area (Å²) in [6, 6.07) is 10.1. The van der Waals surface area contributed by atoms with Crippen LogP contribution in [0.1, 0.15) is 29.2 Å². The number of aromatic hydroxyl groups is 4. The molecule has 398 valence electrons. The summed E-state index contributed by atoms with van der Waals surface area (Å²) >= 11 is 0. The number of hydrogen-bond donors (Lipinski definition) is 14. The highest BCUT2D eigenvalue weighted by Gasteiger charge is 2.49. The third-order valence-electron chi connectivity index (χ3n) is 11.9. The first-order valence-corrected chi connectivity index (χ1v) is 22.1. The summed E-state index contributed by atoms with van der Waals surface area (Å²) in [7, 11) is 1.34. The maximum atomic E-state index is 12.6. The zero-order valence-electron chi connectivity index (χ0n) is 38.0. The number of aliphatic hydroxyl groups is 11. The molecule has 7 rings (SSSR count). The molecule has 4 aliphatic rings. The highest BCUT2D eigenvalue weighted by atomic mass is 16.7. The van der Waals surface area contributed by atoms with E-state index in [-0.39, 0.29) is 39.9 Å². The average molecular weight is 1040 g/mol. The van der Waals surface area contributed by atoms with Gasteiger partial charge in [0.1, 0.15) is 110 Å². The Hall–Kier alpha value is -6.57. The van der Waals surface area contributed by atoms with Crippen LogP contribution in [-0.2, 0) is 42.8 Å². The van der Waals surface area contributed by atoms with Gasteiger partial charge in [0.2, 0.25) is 18.9 Å². The number of aliphatic hydroxyl groups excluding tert-OH is 10. The normalized spacial score (nSPS) is 32.1.